The summed E-state index contributed by atoms with van der Waals surface area (Å²) in [6.07, 6.45) is 4.60. The predicted molar refractivity (Wildman–Crippen MR) is 104 cm³/mol. The van der Waals surface area contributed by atoms with E-state index in [1.54, 1.807) is 0 Å². The standard InChI is InChI=1S/C19H30NO7P/c1-2-3-4-5-12-26-16-10-6-8-15(13-16)9-7-11-17-18(27-28(23,24)25)14-20(17)19(21)22/h6,8,10,13,17-18H,2-5,7,9,11-12,14H2,1H3,(H,21,22)(H2,23,24,25). The molecule has 3 N–H and O–H groups in total. The van der Waals surface area contributed by atoms with Crippen LogP contribution in [-0.4, -0.2) is 51.2 Å². The Labute approximate surface area is 165 Å². The number of phosphoric ester groups is 1. The van der Waals surface area contributed by atoms with Gasteiger partial charge in [0.05, 0.1) is 19.2 Å². The molecule has 9 heteroatoms. The van der Waals surface area contributed by atoms with Gasteiger partial charge in [-0.1, -0.05) is 38.3 Å². The van der Waals surface area contributed by atoms with E-state index in [4.69, 9.17) is 24.2 Å². The van der Waals surface area contributed by atoms with Crippen LogP contribution in [0.3, 0.4) is 0 Å². The second-order valence-electron chi connectivity index (χ2n) is 7.09. The molecule has 0 bridgehead atoms. The molecule has 1 aliphatic heterocycles. The van der Waals surface area contributed by atoms with Gasteiger partial charge in [0.1, 0.15) is 11.9 Å². The number of rotatable bonds is 12. The van der Waals surface area contributed by atoms with E-state index in [1.165, 1.54) is 12.8 Å². The van der Waals surface area contributed by atoms with Gasteiger partial charge >= 0.3 is 13.9 Å². The fourth-order valence-corrected chi connectivity index (χ4v) is 3.94. The van der Waals surface area contributed by atoms with Crippen LogP contribution in [-0.2, 0) is 15.5 Å². The summed E-state index contributed by atoms with van der Waals surface area (Å²) in [7, 11) is -4.63. The Balaban J connectivity index is 1.80. The summed E-state index contributed by atoms with van der Waals surface area (Å²) >= 11 is 0. The van der Waals surface area contributed by atoms with Crippen molar-refractivity contribution in [3.8, 4) is 5.75 Å². The number of amides is 1. The Bertz CT molecular complexity index is 678. The zero-order valence-electron chi connectivity index (χ0n) is 16.2. The molecule has 1 amide bonds. The lowest BCUT2D eigenvalue weighted by Crippen LogP contribution is -2.62. The number of carbonyl (C=O) groups is 1. The largest absolute Gasteiger partial charge is 0.494 e. The first-order valence-electron chi connectivity index (χ1n) is 9.75. The molecule has 158 valence electrons. The van der Waals surface area contributed by atoms with Gasteiger partial charge in [-0.15, -0.1) is 0 Å². The zero-order chi connectivity index (χ0) is 20.6. The van der Waals surface area contributed by atoms with E-state index in [1.807, 2.05) is 24.3 Å². The van der Waals surface area contributed by atoms with Gasteiger partial charge in [-0.3, -0.25) is 9.42 Å². The van der Waals surface area contributed by atoms with Crippen molar-refractivity contribution in [3.63, 3.8) is 0 Å². The van der Waals surface area contributed by atoms with Crippen LogP contribution in [0.1, 0.15) is 51.0 Å². The van der Waals surface area contributed by atoms with E-state index in [9.17, 15) is 9.36 Å². The Morgan fingerprint density at radius 2 is 2.04 bits per heavy atom. The fraction of sp³-hybridized carbons (Fsp3) is 0.632. The van der Waals surface area contributed by atoms with E-state index >= 15 is 0 Å². The quantitative estimate of drug-likeness (QED) is 0.351. The summed E-state index contributed by atoms with van der Waals surface area (Å²) in [6.45, 7) is 2.84. The number of benzene rings is 1. The van der Waals surface area contributed by atoms with Gasteiger partial charge in [0.25, 0.3) is 0 Å². The molecule has 0 aliphatic carbocycles. The number of likely N-dealkylation sites (tertiary alicyclic amines) is 1. The first-order valence-corrected chi connectivity index (χ1v) is 11.3. The van der Waals surface area contributed by atoms with Gasteiger partial charge in [-0.05, 0) is 43.4 Å². The number of unbranched alkanes of at least 4 members (excludes halogenated alkanes) is 3. The number of aryl methyl sites for hydroxylation is 1. The van der Waals surface area contributed by atoms with Crippen molar-refractivity contribution < 1.29 is 33.5 Å². The van der Waals surface area contributed by atoms with Gasteiger partial charge in [0, 0.05) is 0 Å². The van der Waals surface area contributed by atoms with Gasteiger partial charge < -0.3 is 19.6 Å². The molecule has 1 saturated heterocycles. The van der Waals surface area contributed by atoms with E-state index in [-0.39, 0.29) is 6.54 Å². The van der Waals surface area contributed by atoms with Crippen LogP contribution in [0.4, 0.5) is 4.79 Å². The normalized spacial score (nSPS) is 19.3. The smallest absolute Gasteiger partial charge is 0.469 e. The minimum atomic E-state index is -4.63. The number of ether oxygens (including phenoxy) is 1. The zero-order valence-corrected chi connectivity index (χ0v) is 17.1. The molecule has 2 rings (SSSR count). The maximum absolute atomic E-state index is 11.2. The molecular weight excluding hydrogens is 385 g/mol. The van der Waals surface area contributed by atoms with Crippen molar-refractivity contribution in [1.82, 2.24) is 4.90 Å². The average Bonchev–Trinajstić information content (AvgIpc) is 2.61. The van der Waals surface area contributed by atoms with Crippen molar-refractivity contribution in [2.45, 2.75) is 64.0 Å². The van der Waals surface area contributed by atoms with Gasteiger partial charge in [-0.2, -0.15) is 0 Å². The van der Waals surface area contributed by atoms with Crippen LogP contribution >= 0.6 is 7.82 Å². The molecule has 0 saturated carbocycles. The highest BCUT2D eigenvalue weighted by Crippen LogP contribution is 2.42. The van der Waals surface area contributed by atoms with Gasteiger partial charge in [-0.25, -0.2) is 9.36 Å². The number of phosphoric acid groups is 1. The van der Waals surface area contributed by atoms with Gasteiger partial charge in [0.15, 0.2) is 0 Å². The number of hydrogen-bond acceptors (Lipinski definition) is 4. The van der Waals surface area contributed by atoms with Crippen molar-refractivity contribution in [2.24, 2.45) is 0 Å². The van der Waals surface area contributed by atoms with E-state index in [0.29, 0.717) is 19.4 Å². The molecular formula is C19H30NO7P. The highest BCUT2D eigenvalue weighted by molar-refractivity contribution is 7.46. The van der Waals surface area contributed by atoms with Crippen LogP contribution in [0, 0.1) is 0 Å². The van der Waals surface area contributed by atoms with Crippen molar-refractivity contribution in [1.29, 1.82) is 0 Å². The average molecular weight is 415 g/mol. The highest BCUT2D eigenvalue weighted by atomic mass is 31.2. The maximum atomic E-state index is 11.2. The highest BCUT2D eigenvalue weighted by Gasteiger charge is 2.45. The second-order valence-corrected chi connectivity index (χ2v) is 8.28. The fourth-order valence-electron chi connectivity index (χ4n) is 3.38. The molecule has 8 nitrogen and oxygen atoms in total. The summed E-state index contributed by atoms with van der Waals surface area (Å²) in [6, 6.07) is 7.29. The third-order valence-corrected chi connectivity index (χ3v) is 5.40. The lowest BCUT2D eigenvalue weighted by atomic mass is 9.93. The number of nitrogens with zero attached hydrogens (tertiary/aromatic N) is 1. The van der Waals surface area contributed by atoms with Gasteiger partial charge in [0.2, 0.25) is 0 Å². The molecule has 1 aromatic carbocycles. The van der Waals surface area contributed by atoms with Crippen LogP contribution in [0.15, 0.2) is 24.3 Å². The summed E-state index contributed by atoms with van der Waals surface area (Å²) in [5.74, 6) is 0.826. The minimum Gasteiger partial charge on any atom is -0.494 e. The molecule has 28 heavy (non-hydrogen) atoms. The maximum Gasteiger partial charge on any atom is 0.469 e. The second kappa shape index (κ2) is 10.8. The third kappa shape index (κ3) is 7.43. The van der Waals surface area contributed by atoms with Crippen LogP contribution in [0.5, 0.6) is 5.75 Å². The Morgan fingerprint density at radius 1 is 1.25 bits per heavy atom. The minimum absolute atomic E-state index is 0.0214. The molecule has 2 atom stereocenters. The first kappa shape index (κ1) is 22.7. The molecule has 1 heterocycles. The third-order valence-electron chi connectivity index (χ3n) is 4.85. The summed E-state index contributed by atoms with van der Waals surface area (Å²) in [5, 5.41) is 9.17. The lowest BCUT2D eigenvalue weighted by molar-refractivity contribution is -0.0474. The molecule has 1 fully saturated rings. The van der Waals surface area contributed by atoms with Crippen molar-refractivity contribution in [3.05, 3.63) is 29.8 Å². The topological polar surface area (TPSA) is 117 Å². The Hall–Kier alpha value is -1.60. The van der Waals surface area contributed by atoms with E-state index < -0.39 is 26.1 Å². The SMILES string of the molecule is CCCCCCOc1cccc(CCCC2C(OP(=O)(O)O)CN2C(=O)O)c1. The van der Waals surface area contributed by atoms with Crippen molar-refractivity contribution in [2.75, 3.05) is 13.2 Å². The van der Waals surface area contributed by atoms with E-state index in [0.717, 1.165) is 35.5 Å². The lowest BCUT2D eigenvalue weighted by Gasteiger charge is -2.45. The summed E-state index contributed by atoms with van der Waals surface area (Å²) in [5.41, 5.74) is 1.08. The first-order chi connectivity index (χ1) is 13.3. The van der Waals surface area contributed by atoms with Crippen LogP contribution < -0.4 is 4.74 Å². The van der Waals surface area contributed by atoms with Crippen molar-refractivity contribution >= 4 is 13.9 Å². The van der Waals surface area contributed by atoms with Crippen LogP contribution in [0.25, 0.3) is 0 Å². The Kier molecular flexibility index (Phi) is 8.76. The molecule has 2 unspecified atom stereocenters. The van der Waals surface area contributed by atoms with Crippen LogP contribution in [0.2, 0.25) is 0 Å². The molecule has 0 spiro atoms. The molecule has 0 radical (unpaired) electrons. The monoisotopic (exact) mass is 415 g/mol. The number of carboxylic acid groups (broad SMARTS) is 1. The molecule has 1 aromatic rings. The Morgan fingerprint density at radius 3 is 2.71 bits per heavy atom. The molecule has 1 aliphatic rings. The molecule has 0 aromatic heterocycles. The number of hydrogen-bond donors (Lipinski definition) is 3. The summed E-state index contributed by atoms with van der Waals surface area (Å²) < 4.78 is 21.5. The summed E-state index contributed by atoms with van der Waals surface area (Å²) in [4.78, 5) is 30.3. The van der Waals surface area contributed by atoms with E-state index in [2.05, 4.69) is 6.92 Å². The predicted octanol–water partition coefficient (Wildman–Crippen LogP) is 3.81.